The van der Waals surface area contributed by atoms with Gasteiger partial charge in [0.1, 0.15) is 5.82 Å². The Labute approximate surface area is 160 Å². The zero-order chi connectivity index (χ0) is 19.4. The third-order valence-corrected chi connectivity index (χ3v) is 3.76. The average Bonchev–Trinajstić information content (AvgIpc) is 2.61. The molecular weight excluding hydrogens is 368 g/mol. The van der Waals surface area contributed by atoms with Gasteiger partial charge < -0.3 is 5.32 Å². The third kappa shape index (κ3) is 4.62. The molecule has 0 aliphatic carbocycles. The molecule has 2 N–H and O–H groups in total. The van der Waals surface area contributed by atoms with E-state index in [1.807, 2.05) is 0 Å². The van der Waals surface area contributed by atoms with Gasteiger partial charge in [-0.2, -0.15) is 9.97 Å². The van der Waals surface area contributed by atoms with Crippen LogP contribution in [-0.2, 0) is 4.79 Å². The molecule has 0 spiro atoms. The van der Waals surface area contributed by atoms with Crippen molar-refractivity contribution in [2.24, 2.45) is 0 Å². The van der Waals surface area contributed by atoms with Crippen LogP contribution >= 0.6 is 11.6 Å². The highest BCUT2D eigenvalue weighted by atomic mass is 35.5. The van der Waals surface area contributed by atoms with Crippen LogP contribution in [0.5, 0.6) is 0 Å². The number of rotatable bonds is 4. The number of aromatic nitrogens is 4. The van der Waals surface area contributed by atoms with Crippen molar-refractivity contribution in [2.75, 3.05) is 10.6 Å². The molecule has 2 amide bonds. The fraction of sp³-hybridized carbons (Fsp3) is 0.111. The van der Waals surface area contributed by atoms with Crippen LogP contribution in [0.15, 0.2) is 42.7 Å². The molecule has 27 heavy (non-hydrogen) atoms. The van der Waals surface area contributed by atoms with E-state index in [4.69, 9.17) is 11.6 Å². The van der Waals surface area contributed by atoms with E-state index in [9.17, 15) is 9.59 Å². The summed E-state index contributed by atoms with van der Waals surface area (Å²) in [6.07, 6.45) is 3.26. The number of nitrogens with zero attached hydrogens (tertiary/aromatic N) is 4. The minimum atomic E-state index is -0.472. The van der Waals surface area contributed by atoms with Crippen molar-refractivity contribution < 1.29 is 9.59 Å². The van der Waals surface area contributed by atoms with Gasteiger partial charge in [-0.1, -0.05) is 11.6 Å². The number of carbonyl (C=O) groups excluding carboxylic acids is 2. The Morgan fingerprint density at radius 1 is 1.00 bits per heavy atom. The Morgan fingerprint density at radius 2 is 1.74 bits per heavy atom. The van der Waals surface area contributed by atoms with Gasteiger partial charge in [0.15, 0.2) is 5.82 Å². The second-order valence-corrected chi connectivity index (χ2v) is 6.00. The van der Waals surface area contributed by atoms with E-state index in [2.05, 4.69) is 30.6 Å². The number of anilines is 2. The van der Waals surface area contributed by atoms with Crippen molar-refractivity contribution in [3.63, 3.8) is 0 Å². The minimum Gasteiger partial charge on any atom is -0.326 e. The van der Waals surface area contributed by atoms with Crippen LogP contribution in [0.25, 0.3) is 11.4 Å². The van der Waals surface area contributed by atoms with Crippen LogP contribution < -0.4 is 10.6 Å². The molecule has 136 valence electrons. The van der Waals surface area contributed by atoms with E-state index >= 15 is 0 Å². The van der Waals surface area contributed by atoms with E-state index < -0.39 is 5.91 Å². The molecule has 0 aliphatic rings. The predicted molar refractivity (Wildman–Crippen MR) is 102 cm³/mol. The molecule has 0 aliphatic heterocycles. The van der Waals surface area contributed by atoms with Crippen LogP contribution in [0.4, 0.5) is 11.6 Å². The first-order valence-corrected chi connectivity index (χ1v) is 8.32. The lowest BCUT2D eigenvalue weighted by atomic mass is 10.2. The quantitative estimate of drug-likeness (QED) is 0.717. The summed E-state index contributed by atoms with van der Waals surface area (Å²) in [5.74, 6) is 0.293. The van der Waals surface area contributed by atoms with Gasteiger partial charge in [-0.15, -0.1) is 0 Å². The molecule has 1 aromatic carbocycles. The lowest BCUT2D eigenvalue weighted by Crippen LogP contribution is -2.16. The van der Waals surface area contributed by atoms with Crippen molar-refractivity contribution >= 4 is 35.1 Å². The normalized spacial score (nSPS) is 10.3. The number of hydrogen-bond donors (Lipinski definition) is 2. The first-order valence-electron chi connectivity index (χ1n) is 7.94. The largest absolute Gasteiger partial charge is 0.326 e. The van der Waals surface area contributed by atoms with Gasteiger partial charge >= 0.3 is 0 Å². The SMILES string of the molecule is CC(=O)Nc1ccc(C(=O)Nc2nc(C)nc(-c3ccncc3)n2)c(Cl)c1. The lowest BCUT2D eigenvalue weighted by molar-refractivity contribution is -0.114. The zero-order valence-electron chi connectivity index (χ0n) is 14.5. The monoisotopic (exact) mass is 382 g/mol. The standard InChI is InChI=1S/C18H15ClN6O2/c1-10-21-16(12-5-7-20-8-6-12)24-18(22-10)25-17(27)14-4-3-13(9-15(14)19)23-11(2)26/h3-9H,1-2H3,(H,23,26)(H,21,22,24,25,27). The van der Waals surface area contributed by atoms with E-state index in [-0.39, 0.29) is 22.4 Å². The Bertz CT molecular complexity index is 1010. The van der Waals surface area contributed by atoms with Gasteiger partial charge in [0.2, 0.25) is 11.9 Å². The van der Waals surface area contributed by atoms with Gasteiger partial charge in [-0.3, -0.25) is 19.9 Å². The number of halogens is 1. The Morgan fingerprint density at radius 3 is 2.41 bits per heavy atom. The maximum absolute atomic E-state index is 12.5. The van der Waals surface area contributed by atoms with Gasteiger partial charge in [0.25, 0.3) is 5.91 Å². The zero-order valence-corrected chi connectivity index (χ0v) is 15.3. The van der Waals surface area contributed by atoms with E-state index in [0.29, 0.717) is 17.3 Å². The number of aryl methyl sites for hydroxylation is 1. The summed E-state index contributed by atoms with van der Waals surface area (Å²) in [4.78, 5) is 40.3. The maximum atomic E-state index is 12.5. The molecule has 3 rings (SSSR count). The predicted octanol–water partition coefficient (Wildman–Crippen LogP) is 3.11. The number of benzene rings is 1. The van der Waals surface area contributed by atoms with E-state index in [1.165, 1.54) is 19.1 Å². The summed E-state index contributed by atoms with van der Waals surface area (Å²) in [5.41, 5.74) is 1.48. The van der Waals surface area contributed by atoms with Crippen LogP contribution in [-0.4, -0.2) is 31.8 Å². The molecule has 2 heterocycles. The molecule has 0 saturated heterocycles. The smallest absolute Gasteiger partial charge is 0.259 e. The molecule has 0 bridgehead atoms. The molecule has 0 fully saturated rings. The fourth-order valence-corrected chi connectivity index (χ4v) is 2.58. The van der Waals surface area contributed by atoms with Crippen molar-refractivity contribution in [3.8, 4) is 11.4 Å². The number of pyridine rings is 1. The molecule has 0 radical (unpaired) electrons. The first kappa shape index (κ1) is 18.4. The van der Waals surface area contributed by atoms with Gasteiger partial charge in [-0.25, -0.2) is 4.98 Å². The summed E-state index contributed by atoms with van der Waals surface area (Å²) < 4.78 is 0. The number of nitrogens with one attached hydrogen (secondary N) is 2. The fourth-order valence-electron chi connectivity index (χ4n) is 2.32. The molecule has 8 nitrogen and oxygen atoms in total. The molecular formula is C18H15ClN6O2. The summed E-state index contributed by atoms with van der Waals surface area (Å²) in [6, 6.07) is 8.12. The van der Waals surface area contributed by atoms with Crippen LogP contribution in [0, 0.1) is 6.92 Å². The number of carbonyl (C=O) groups is 2. The third-order valence-electron chi connectivity index (χ3n) is 3.45. The van der Waals surface area contributed by atoms with E-state index in [1.54, 1.807) is 37.5 Å². The van der Waals surface area contributed by atoms with Crippen molar-refractivity contribution in [1.29, 1.82) is 0 Å². The Kier molecular flexibility index (Phi) is 5.37. The molecule has 0 unspecified atom stereocenters. The van der Waals surface area contributed by atoms with Crippen molar-refractivity contribution in [2.45, 2.75) is 13.8 Å². The highest BCUT2D eigenvalue weighted by molar-refractivity contribution is 6.34. The molecule has 9 heteroatoms. The van der Waals surface area contributed by atoms with Crippen molar-refractivity contribution in [3.05, 3.63) is 59.1 Å². The minimum absolute atomic E-state index is 0.112. The topological polar surface area (TPSA) is 110 Å². The van der Waals surface area contributed by atoms with Crippen LogP contribution in [0.3, 0.4) is 0 Å². The molecule has 3 aromatic rings. The molecule has 0 atom stereocenters. The molecule has 2 aromatic heterocycles. The summed E-state index contributed by atoms with van der Waals surface area (Å²) in [7, 11) is 0. The van der Waals surface area contributed by atoms with Crippen molar-refractivity contribution in [1.82, 2.24) is 19.9 Å². The molecule has 0 saturated carbocycles. The van der Waals surface area contributed by atoms with Gasteiger partial charge in [0.05, 0.1) is 10.6 Å². The lowest BCUT2D eigenvalue weighted by Gasteiger charge is -2.09. The van der Waals surface area contributed by atoms with Gasteiger partial charge in [-0.05, 0) is 37.3 Å². The first-order chi connectivity index (χ1) is 12.9. The summed E-state index contributed by atoms with van der Waals surface area (Å²) in [6.45, 7) is 3.09. The highest BCUT2D eigenvalue weighted by Gasteiger charge is 2.14. The Balaban J connectivity index is 1.84. The number of amides is 2. The van der Waals surface area contributed by atoms with Crippen LogP contribution in [0.1, 0.15) is 23.1 Å². The van der Waals surface area contributed by atoms with Gasteiger partial charge in [0, 0.05) is 30.6 Å². The van der Waals surface area contributed by atoms with Crippen LogP contribution in [0.2, 0.25) is 5.02 Å². The van der Waals surface area contributed by atoms with E-state index in [0.717, 1.165) is 5.56 Å². The number of hydrogen-bond acceptors (Lipinski definition) is 6. The second kappa shape index (κ2) is 7.88. The maximum Gasteiger partial charge on any atom is 0.259 e. The summed E-state index contributed by atoms with van der Waals surface area (Å²) in [5, 5.41) is 5.42. The average molecular weight is 383 g/mol. The highest BCUT2D eigenvalue weighted by Crippen LogP contribution is 2.22. The second-order valence-electron chi connectivity index (χ2n) is 5.60. The Hall–Kier alpha value is -3.39. The summed E-state index contributed by atoms with van der Waals surface area (Å²) >= 11 is 6.16.